The molecular weight excluding hydrogens is 393 g/mol. The molecule has 0 N–H and O–H groups in total. The lowest BCUT2D eigenvalue weighted by atomic mass is 9.96. The summed E-state index contributed by atoms with van der Waals surface area (Å²) in [5, 5.41) is 0.816. The zero-order chi connectivity index (χ0) is 23.0. The molecule has 0 atom stereocenters. The molecule has 166 valence electrons. The van der Waals surface area contributed by atoms with E-state index in [9.17, 15) is 14.0 Å². The second-order valence-electron chi connectivity index (χ2n) is 8.98. The van der Waals surface area contributed by atoms with Crippen LogP contribution in [0.15, 0.2) is 27.8 Å². The lowest BCUT2D eigenvalue weighted by Gasteiger charge is -2.15. The number of benzene rings is 1. The zero-order valence-corrected chi connectivity index (χ0v) is 19.5. The summed E-state index contributed by atoms with van der Waals surface area (Å²) in [5.74, 6) is 0.0925. The summed E-state index contributed by atoms with van der Waals surface area (Å²) in [6.45, 7) is 9.89. The van der Waals surface area contributed by atoms with Gasteiger partial charge in [0.25, 0.3) is 11.1 Å². The number of pyridine rings is 1. The molecule has 1 aromatic carbocycles. The molecule has 1 aliphatic rings. The minimum absolute atomic E-state index is 0.0107. The summed E-state index contributed by atoms with van der Waals surface area (Å²) in [4.78, 5) is 28.5. The highest BCUT2D eigenvalue weighted by molar-refractivity contribution is 5.83. The van der Waals surface area contributed by atoms with Crippen molar-refractivity contribution in [2.24, 2.45) is 14.1 Å². The maximum atomic E-state index is 13.3. The standard InChI is InChI=1S/C14H16FNO.C11H16N2O/c1-8(2)13-9(3)11-7-10(15)5-6-12(11)16(4)14(13)17;1-7(2)10-11(14)13(3)9-6-4-5-8(9)12-10/h5-8H,1-4H3;7H,4-6H2,1-3H3. The van der Waals surface area contributed by atoms with Crippen LogP contribution in [0.25, 0.3) is 10.9 Å². The van der Waals surface area contributed by atoms with E-state index in [1.807, 2.05) is 41.7 Å². The molecule has 2 heterocycles. The van der Waals surface area contributed by atoms with Gasteiger partial charge in [-0.3, -0.25) is 14.6 Å². The second-order valence-corrected chi connectivity index (χ2v) is 8.98. The highest BCUT2D eigenvalue weighted by Crippen LogP contribution is 2.24. The summed E-state index contributed by atoms with van der Waals surface area (Å²) in [5.41, 5.74) is 5.52. The van der Waals surface area contributed by atoms with Crippen LogP contribution in [0.1, 0.15) is 74.2 Å². The molecular formula is C25H32FN3O2. The summed E-state index contributed by atoms with van der Waals surface area (Å²) >= 11 is 0. The molecule has 31 heavy (non-hydrogen) atoms. The Labute approximate surface area is 182 Å². The minimum atomic E-state index is -0.269. The van der Waals surface area contributed by atoms with Crippen LogP contribution in [-0.2, 0) is 26.9 Å². The predicted octanol–water partition coefficient (Wildman–Crippen LogP) is 4.50. The first-order chi connectivity index (χ1) is 14.5. The summed E-state index contributed by atoms with van der Waals surface area (Å²) < 4.78 is 16.7. The van der Waals surface area contributed by atoms with Crippen LogP contribution in [0, 0.1) is 12.7 Å². The van der Waals surface area contributed by atoms with Crippen LogP contribution < -0.4 is 11.1 Å². The Morgan fingerprint density at radius 1 is 0.968 bits per heavy atom. The third-order valence-corrected chi connectivity index (χ3v) is 6.13. The summed E-state index contributed by atoms with van der Waals surface area (Å²) in [6.07, 6.45) is 3.17. The first-order valence-electron chi connectivity index (χ1n) is 10.9. The van der Waals surface area contributed by atoms with Gasteiger partial charge in [-0.15, -0.1) is 0 Å². The molecule has 0 unspecified atom stereocenters. The van der Waals surface area contributed by atoms with Crippen LogP contribution in [0.5, 0.6) is 0 Å². The van der Waals surface area contributed by atoms with Gasteiger partial charge in [-0.25, -0.2) is 4.39 Å². The number of aromatic nitrogens is 3. The highest BCUT2D eigenvalue weighted by atomic mass is 19.1. The van der Waals surface area contributed by atoms with E-state index >= 15 is 0 Å². The molecule has 0 saturated heterocycles. The smallest absolute Gasteiger partial charge is 0.272 e. The fourth-order valence-corrected chi connectivity index (χ4v) is 4.43. The van der Waals surface area contributed by atoms with Crippen LogP contribution in [0.4, 0.5) is 4.39 Å². The van der Waals surface area contributed by atoms with Crippen molar-refractivity contribution in [1.82, 2.24) is 14.1 Å². The van der Waals surface area contributed by atoms with Gasteiger partial charge in [0.05, 0.1) is 11.2 Å². The first kappa shape index (κ1) is 22.9. The largest absolute Gasteiger partial charge is 0.312 e. The summed E-state index contributed by atoms with van der Waals surface area (Å²) in [6, 6.07) is 4.54. The van der Waals surface area contributed by atoms with Crippen LogP contribution in [0.3, 0.4) is 0 Å². The zero-order valence-electron chi connectivity index (χ0n) is 19.5. The third-order valence-electron chi connectivity index (χ3n) is 6.13. The van der Waals surface area contributed by atoms with Crippen LogP contribution in [-0.4, -0.2) is 14.1 Å². The Kier molecular flexibility index (Phi) is 6.48. The monoisotopic (exact) mass is 425 g/mol. The number of rotatable bonds is 2. The van der Waals surface area contributed by atoms with E-state index < -0.39 is 0 Å². The number of halogens is 1. The molecule has 1 aliphatic carbocycles. The van der Waals surface area contributed by atoms with Gasteiger partial charge in [0, 0.05) is 36.7 Å². The van der Waals surface area contributed by atoms with Crippen molar-refractivity contribution < 1.29 is 4.39 Å². The van der Waals surface area contributed by atoms with Crippen molar-refractivity contribution >= 4 is 10.9 Å². The van der Waals surface area contributed by atoms with Gasteiger partial charge in [-0.1, -0.05) is 27.7 Å². The van der Waals surface area contributed by atoms with Gasteiger partial charge in [0.1, 0.15) is 11.5 Å². The van der Waals surface area contributed by atoms with E-state index in [0.29, 0.717) is 5.69 Å². The number of hydrogen-bond donors (Lipinski definition) is 0. The van der Waals surface area contributed by atoms with Gasteiger partial charge < -0.3 is 9.13 Å². The normalized spacial score (nSPS) is 13.0. The summed E-state index contributed by atoms with van der Waals surface area (Å²) in [7, 11) is 3.59. The molecule has 0 radical (unpaired) electrons. The average Bonchev–Trinajstić information content (AvgIpc) is 3.18. The number of fused-ring (bicyclic) bond motifs is 2. The maximum absolute atomic E-state index is 13.3. The molecule has 6 heteroatoms. The van der Waals surface area contributed by atoms with E-state index in [0.717, 1.165) is 52.7 Å². The molecule has 0 spiro atoms. The predicted molar refractivity (Wildman–Crippen MR) is 124 cm³/mol. The SMILES string of the molecule is CC(C)c1nc2c(n(C)c1=O)CCC2.Cc1c(C(C)C)c(=O)n(C)c2ccc(F)cc12. The lowest BCUT2D eigenvalue weighted by Crippen LogP contribution is -2.27. The van der Waals surface area contributed by atoms with Gasteiger partial charge in [-0.2, -0.15) is 0 Å². The van der Waals surface area contributed by atoms with Crippen molar-refractivity contribution in [2.45, 2.75) is 65.7 Å². The van der Waals surface area contributed by atoms with Crippen molar-refractivity contribution in [2.75, 3.05) is 0 Å². The molecule has 0 aliphatic heterocycles. The van der Waals surface area contributed by atoms with Crippen molar-refractivity contribution in [1.29, 1.82) is 0 Å². The van der Waals surface area contributed by atoms with E-state index in [1.165, 1.54) is 12.1 Å². The lowest BCUT2D eigenvalue weighted by molar-refractivity contribution is 0.629. The fourth-order valence-electron chi connectivity index (χ4n) is 4.43. The third kappa shape index (κ3) is 4.21. The average molecular weight is 426 g/mol. The van der Waals surface area contributed by atoms with Gasteiger partial charge >= 0.3 is 0 Å². The number of aryl methyl sites for hydroxylation is 3. The van der Waals surface area contributed by atoms with Crippen LogP contribution in [0.2, 0.25) is 0 Å². The molecule has 4 rings (SSSR count). The Morgan fingerprint density at radius 3 is 2.26 bits per heavy atom. The highest BCUT2D eigenvalue weighted by Gasteiger charge is 2.20. The van der Waals surface area contributed by atoms with E-state index in [2.05, 4.69) is 4.98 Å². The van der Waals surface area contributed by atoms with E-state index in [4.69, 9.17) is 0 Å². The molecule has 2 aromatic heterocycles. The van der Waals surface area contributed by atoms with Crippen molar-refractivity contribution in [3.8, 4) is 0 Å². The van der Waals surface area contributed by atoms with E-state index in [-0.39, 0.29) is 28.8 Å². The second kappa shape index (κ2) is 8.77. The van der Waals surface area contributed by atoms with Crippen LogP contribution >= 0.6 is 0 Å². The maximum Gasteiger partial charge on any atom is 0.272 e. The number of nitrogens with zero attached hydrogens (tertiary/aromatic N) is 3. The Morgan fingerprint density at radius 2 is 1.65 bits per heavy atom. The molecule has 0 saturated carbocycles. The first-order valence-corrected chi connectivity index (χ1v) is 10.9. The van der Waals surface area contributed by atoms with Gasteiger partial charge in [0.15, 0.2) is 0 Å². The molecule has 0 fully saturated rings. The molecule has 5 nitrogen and oxygen atoms in total. The molecule has 0 amide bonds. The Balaban J connectivity index is 0.000000179. The topological polar surface area (TPSA) is 56.9 Å². The minimum Gasteiger partial charge on any atom is -0.312 e. The van der Waals surface area contributed by atoms with Crippen molar-refractivity contribution in [3.63, 3.8) is 0 Å². The number of hydrogen-bond acceptors (Lipinski definition) is 3. The van der Waals surface area contributed by atoms with Gasteiger partial charge in [-0.05, 0) is 55.9 Å². The van der Waals surface area contributed by atoms with E-state index in [1.54, 1.807) is 22.2 Å². The molecule has 3 aromatic rings. The van der Waals surface area contributed by atoms with Gasteiger partial charge in [0.2, 0.25) is 0 Å². The quantitative estimate of drug-likeness (QED) is 0.607. The molecule has 0 bridgehead atoms. The van der Waals surface area contributed by atoms with Crippen molar-refractivity contribution in [3.05, 3.63) is 72.9 Å². The fraction of sp³-hybridized carbons (Fsp3) is 0.480. The Bertz CT molecular complexity index is 1250. The Hall–Kier alpha value is -2.76.